The summed E-state index contributed by atoms with van der Waals surface area (Å²) in [5.41, 5.74) is 1.96. The van der Waals surface area contributed by atoms with Crippen molar-refractivity contribution in [3.05, 3.63) is 102 Å². The topological polar surface area (TPSA) is 82.2 Å². The van der Waals surface area contributed by atoms with Gasteiger partial charge in [-0.1, -0.05) is 65.9 Å². The molecule has 0 unspecified atom stereocenters. The van der Waals surface area contributed by atoms with E-state index in [1.54, 1.807) is 6.26 Å². The molecule has 0 spiro atoms. The van der Waals surface area contributed by atoms with E-state index in [0.29, 0.717) is 17.5 Å². The monoisotopic (exact) mass is 484 g/mol. The van der Waals surface area contributed by atoms with Crippen molar-refractivity contribution in [3.8, 4) is 5.75 Å². The molecule has 0 aliphatic heterocycles. The number of nitrogens with one attached hydrogen (secondary N) is 1. The second kappa shape index (κ2) is 10.5. The molecular weight excluding hydrogens is 460 g/mol. The summed E-state index contributed by atoms with van der Waals surface area (Å²) in [6.45, 7) is 2.73. The Bertz CT molecular complexity index is 1420. The largest absolute Gasteiger partial charge is 0.486 e. The van der Waals surface area contributed by atoms with Crippen LogP contribution in [-0.2, 0) is 17.9 Å². The number of aromatic nitrogens is 3. The number of nitrogens with zero attached hydrogens (tertiary/aromatic N) is 3. The Hall–Kier alpha value is -4.04. The van der Waals surface area contributed by atoms with Crippen molar-refractivity contribution >= 4 is 34.1 Å². The van der Waals surface area contributed by atoms with Crippen LogP contribution in [-0.4, -0.2) is 26.4 Å². The highest BCUT2D eigenvalue weighted by molar-refractivity contribution is 7.99. The Labute approximate surface area is 207 Å². The first-order chi connectivity index (χ1) is 17.2. The van der Waals surface area contributed by atoms with Gasteiger partial charge in [-0.05, 0) is 42.6 Å². The molecule has 0 saturated carbocycles. The molecule has 0 atom stereocenters. The highest BCUT2D eigenvalue weighted by Gasteiger charge is 2.17. The zero-order valence-corrected chi connectivity index (χ0v) is 20.0. The number of carbonyl (C=O) groups excluding carboxylic acids is 1. The van der Waals surface area contributed by atoms with Crippen molar-refractivity contribution in [2.75, 3.05) is 11.1 Å². The summed E-state index contributed by atoms with van der Waals surface area (Å²) in [5, 5.41) is 14.4. The quantitative estimate of drug-likeness (QED) is 0.271. The highest BCUT2D eigenvalue weighted by atomic mass is 32.2. The zero-order valence-electron chi connectivity index (χ0n) is 19.2. The van der Waals surface area contributed by atoms with Gasteiger partial charge in [0.1, 0.15) is 18.1 Å². The number of anilines is 1. The zero-order chi connectivity index (χ0) is 24.0. The normalized spacial score (nSPS) is 11.0. The minimum atomic E-state index is -0.114. The molecule has 5 aromatic rings. The summed E-state index contributed by atoms with van der Waals surface area (Å²) in [5.74, 6) is 2.25. The van der Waals surface area contributed by atoms with Crippen molar-refractivity contribution < 1.29 is 13.9 Å². The Kier molecular flexibility index (Phi) is 6.81. The van der Waals surface area contributed by atoms with E-state index in [2.05, 4.69) is 15.5 Å². The van der Waals surface area contributed by atoms with Crippen LogP contribution in [0.15, 0.2) is 94.7 Å². The first kappa shape index (κ1) is 22.7. The van der Waals surface area contributed by atoms with Crippen molar-refractivity contribution in [3.63, 3.8) is 0 Å². The number of hydrogen-bond donors (Lipinski definition) is 1. The van der Waals surface area contributed by atoms with Crippen LogP contribution in [0.25, 0.3) is 10.8 Å². The molecule has 5 rings (SSSR count). The van der Waals surface area contributed by atoms with Gasteiger partial charge in [-0.25, -0.2) is 0 Å². The van der Waals surface area contributed by atoms with E-state index in [1.165, 1.54) is 17.3 Å². The van der Waals surface area contributed by atoms with E-state index in [-0.39, 0.29) is 18.3 Å². The molecule has 0 radical (unpaired) electrons. The van der Waals surface area contributed by atoms with E-state index in [4.69, 9.17) is 9.15 Å². The summed E-state index contributed by atoms with van der Waals surface area (Å²) in [6.07, 6.45) is 1.63. The molecule has 3 aromatic carbocycles. The van der Waals surface area contributed by atoms with Crippen molar-refractivity contribution in [1.82, 2.24) is 14.8 Å². The van der Waals surface area contributed by atoms with Gasteiger partial charge in [0, 0.05) is 11.1 Å². The minimum absolute atomic E-state index is 0.114. The average Bonchev–Trinajstić information content (AvgIpc) is 3.53. The lowest BCUT2D eigenvalue weighted by Gasteiger charge is -2.11. The van der Waals surface area contributed by atoms with Crippen LogP contribution >= 0.6 is 11.8 Å². The lowest BCUT2D eigenvalue weighted by atomic mass is 10.1. The van der Waals surface area contributed by atoms with E-state index in [1.807, 2.05) is 90.4 Å². The third-order valence-electron chi connectivity index (χ3n) is 5.47. The first-order valence-electron chi connectivity index (χ1n) is 11.2. The number of hydrogen-bond acceptors (Lipinski definition) is 6. The van der Waals surface area contributed by atoms with Crippen LogP contribution in [0.3, 0.4) is 0 Å². The molecule has 7 nitrogen and oxygen atoms in total. The van der Waals surface area contributed by atoms with Crippen molar-refractivity contribution in [2.45, 2.75) is 25.2 Å². The predicted molar refractivity (Wildman–Crippen MR) is 137 cm³/mol. The Morgan fingerprint density at radius 3 is 2.66 bits per heavy atom. The van der Waals surface area contributed by atoms with Crippen LogP contribution in [0, 0.1) is 6.92 Å². The molecule has 0 saturated heterocycles. The summed E-state index contributed by atoms with van der Waals surface area (Å²) in [7, 11) is 0. The van der Waals surface area contributed by atoms with E-state index in [0.717, 1.165) is 28.0 Å². The van der Waals surface area contributed by atoms with E-state index >= 15 is 0 Å². The van der Waals surface area contributed by atoms with Gasteiger partial charge in [-0.2, -0.15) is 0 Å². The fourth-order valence-electron chi connectivity index (χ4n) is 3.68. The van der Waals surface area contributed by atoms with E-state index in [9.17, 15) is 4.79 Å². The predicted octanol–water partition coefficient (Wildman–Crippen LogP) is 5.69. The number of ether oxygens (including phenoxy) is 1. The lowest BCUT2D eigenvalue weighted by Crippen LogP contribution is -2.15. The van der Waals surface area contributed by atoms with Crippen LogP contribution < -0.4 is 10.1 Å². The van der Waals surface area contributed by atoms with Crippen molar-refractivity contribution in [2.24, 2.45) is 0 Å². The van der Waals surface area contributed by atoms with Crippen LogP contribution in [0.1, 0.15) is 17.1 Å². The van der Waals surface area contributed by atoms with Gasteiger partial charge in [-0.15, -0.1) is 10.2 Å². The summed E-state index contributed by atoms with van der Waals surface area (Å²) in [4.78, 5) is 12.8. The van der Waals surface area contributed by atoms with Crippen LogP contribution in [0.2, 0.25) is 0 Å². The second-order valence-corrected chi connectivity index (χ2v) is 8.97. The number of amides is 1. The standard InChI is InChI=1S/C27H24N4O3S/c1-19-11-13-21(14-12-19)34-17-25-29-30-27(31(25)16-22-8-5-15-33-22)35-18-26(32)28-24-10-4-7-20-6-2-3-9-23(20)24/h2-15H,16-18H2,1H3,(H,28,32). The summed E-state index contributed by atoms with van der Waals surface area (Å²) < 4.78 is 13.4. The van der Waals surface area contributed by atoms with Gasteiger partial charge in [0.15, 0.2) is 11.0 Å². The number of aryl methyl sites for hydroxylation is 1. The Balaban J connectivity index is 1.29. The van der Waals surface area contributed by atoms with Gasteiger partial charge in [-0.3, -0.25) is 9.36 Å². The van der Waals surface area contributed by atoms with Gasteiger partial charge < -0.3 is 14.5 Å². The van der Waals surface area contributed by atoms with Gasteiger partial charge in [0.2, 0.25) is 5.91 Å². The number of benzene rings is 3. The molecule has 0 aliphatic carbocycles. The van der Waals surface area contributed by atoms with Crippen molar-refractivity contribution in [1.29, 1.82) is 0 Å². The summed E-state index contributed by atoms with van der Waals surface area (Å²) >= 11 is 1.33. The molecule has 1 amide bonds. The molecule has 2 heterocycles. The van der Waals surface area contributed by atoms with Gasteiger partial charge >= 0.3 is 0 Å². The SMILES string of the molecule is Cc1ccc(OCc2nnc(SCC(=O)Nc3cccc4ccccc34)n2Cc2ccco2)cc1. The van der Waals surface area contributed by atoms with Gasteiger partial charge in [0.25, 0.3) is 0 Å². The number of rotatable bonds is 9. The molecule has 176 valence electrons. The fourth-order valence-corrected chi connectivity index (χ4v) is 4.44. The Morgan fingerprint density at radius 2 is 1.83 bits per heavy atom. The average molecular weight is 485 g/mol. The third-order valence-corrected chi connectivity index (χ3v) is 6.44. The minimum Gasteiger partial charge on any atom is -0.486 e. The molecule has 0 fully saturated rings. The number of furan rings is 1. The molecule has 35 heavy (non-hydrogen) atoms. The maximum Gasteiger partial charge on any atom is 0.234 e. The van der Waals surface area contributed by atoms with E-state index < -0.39 is 0 Å². The maximum absolute atomic E-state index is 12.8. The Morgan fingerprint density at radius 1 is 1.00 bits per heavy atom. The second-order valence-electron chi connectivity index (χ2n) is 8.03. The lowest BCUT2D eigenvalue weighted by molar-refractivity contribution is -0.113. The molecule has 2 aromatic heterocycles. The fraction of sp³-hybridized carbons (Fsp3) is 0.148. The summed E-state index contributed by atoms with van der Waals surface area (Å²) in [6, 6.07) is 25.4. The smallest absolute Gasteiger partial charge is 0.234 e. The number of fused-ring (bicyclic) bond motifs is 1. The first-order valence-corrected chi connectivity index (χ1v) is 12.2. The molecule has 1 N–H and O–H groups in total. The number of carbonyl (C=O) groups is 1. The highest BCUT2D eigenvalue weighted by Crippen LogP contribution is 2.25. The number of thioether (sulfide) groups is 1. The van der Waals surface area contributed by atoms with Crippen LogP contribution in [0.5, 0.6) is 5.75 Å². The maximum atomic E-state index is 12.8. The third kappa shape index (κ3) is 5.55. The molecule has 0 aliphatic rings. The molecular formula is C27H24N4O3S. The van der Waals surface area contributed by atoms with Crippen LogP contribution in [0.4, 0.5) is 5.69 Å². The molecule has 8 heteroatoms. The van der Waals surface area contributed by atoms with Gasteiger partial charge in [0.05, 0.1) is 18.6 Å². The molecule has 0 bridgehead atoms.